The Hall–Kier alpha value is -1.06. The molecule has 4 nitrogen and oxygen atoms in total. The molecule has 48 valence electrons. The zero-order valence-electron chi connectivity index (χ0n) is 4.13. The van der Waals surface area contributed by atoms with Crippen LogP contribution in [0, 0.1) is 0 Å². The first-order valence-corrected chi connectivity index (χ1v) is 2.06. The molecule has 0 spiro atoms. The van der Waals surface area contributed by atoms with Gasteiger partial charge in [0.25, 0.3) is 0 Å². The average molecular weight is 120 g/mol. The van der Waals surface area contributed by atoms with E-state index in [1.54, 1.807) is 0 Å². The summed E-state index contributed by atoms with van der Waals surface area (Å²) >= 11 is 0. The van der Waals surface area contributed by atoms with Gasteiger partial charge in [0.05, 0.1) is 12.8 Å². The van der Waals surface area contributed by atoms with Gasteiger partial charge in [0.15, 0.2) is 0 Å². The van der Waals surface area contributed by atoms with Crippen LogP contribution in [0.2, 0.25) is 0 Å². The van der Waals surface area contributed by atoms with E-state index in [1.807, 2.05) is 0 Å². The van der Waals surface area contributed by atoms with Crippen LogP contribution in [0.4, 0.5) is 0 Å². The Bertz CT molecular complexity index is 97.1. The van der Waals surface area contributed by atoms with Crippen LogP contribution >= 0.6 is 0 Å². The zero-order chi connectivity index (χ0) is 6.57. The van der Waals surface area contributed by atoms with Crippen molar-refractivity contribution >= 4 is 11.9 Å². The maximum absolute atomic E-state index is 9.64. The molecule has 0 aliphatic carbocycles. The van der Waals surface area contributed by atoms with Crippen LogP contribution in [0.5, 0.6) is 0 Å². The van der Waals surface area contributed by atoms with E-state index < -0.39 is 11.9 Å². The lowest BCUT2D eigenvalue weighted by Gasteiger charge is -1.85. The number of carboxylic acids is 2. The number of rotatable bonds is 3. The maximum Gasteiger partial charge on any atom is 0.303 e. The van der Waals surface area contributed by atoms with Gasteiger partial charge in [0.2, 0.25) is 0 Å². The average Bonchev–Trinajstić information content (AvgIpc) is 1.61. The number of carboxylic acid groups (broad SMARTS) is 2. The van der Waals surface area contributed by atoms with Crippen LogP contribution in [0.25, 0.3) is 0 Å². The molecule has 8 heavy (non-hydrogen) atoms. The van der Waals surface area contributed by atoms with Crippen molar-refractivity contribution in [1.29, 1.82) is 0 Å². The molecule has 0 aliphatic rings. The minimum atomic E-state index is -1.08. The summed E-state index contributed by atoms with van der Waals surface area (Å²) in [6.07, 6.45) is -0.593. The second kappa shape index (κ2) is 3.01. The molecular weight excluding hydrogens is 112 g/mol. The Labute approximate surface area is 47.2 Å². The maximum atomic E-state index is 9.64. The monoisotopic (exact) mass is 120 g/mol. The Morgan fingerprint density at radius 1 is 1.12 bits per heavy atom. The van der Waals surface area contributed by atoms with E-state index in [2.05, 4.69) is 0 Å². The van der Waals surface area contributed by atoms with Crippen LogP contribution < -0.4 is 0 Å². The summed E-state index contributed by atoms with van der Waals surface area (Å²) in [6.45, 7) is 0. The van der Waals surface area contributed by atoms with Crippen LogP contribution in [-0.2, 0) is 9.59 Å². The van der Waals surface area contributed by atoms with E-state index in [0.29, 0.717) is 0 Å². The molecule has 0 fully saturated rings. The smallest absolute Gasteiger partial charge is 0.303 e. The predicted octanol–water partition coefficient (Wildman–Crippen LogP) is 0.182. The lowest BCUT2D eigenvalue weighted by atomic mass is 10.3. The lowest BCUT2D eigenvalue weighted by molar-refractivity contribution is -0.143. The number of hydrogen-bond acceptors (Lipinski definition) is 2. The first kappa shape index (κ1) is 6.94. The van der Waals surface area contributed by atoms with Gasteiger partial charge in [0.1, 0.15) is 0 Å². The fraction of sp³-hybridized carbons (Fsp3) is 0.500. The van der Waals surface area contributed by atoms with Crippen molar-refractivity contribution in [2.24, 2.45) is 0 Å². The van der Waals surface area contributed by atoms with Gasteiger partial charge in [-0.1, -0.05) is 0 Å². The molecular formula is C4H8O4. The summed E-state index contributed by atoms with van der Waals surface area (Å²) in [4.78, 5) is 19.3. The molecule has 4 heteroatoms. The molecule has 0 saturated heterocycles. The molecule has 0 bridgehead atoms. The highest BCUT2D eigenvalue weighted by molar-refractivity contribution is 5.75. The van der Waals surface area contributed by atoms with Gasteiger partial charge in [0, 0.05) is 1.43 Å². The van der Waals surface area contributed by atoms with Gasteiger partial charge in [-0.15, -0.1) is 0 Å². The second-order valence-corrected chi connectivity index (χ2v) is 1.29. The number of carbonyl (C=O) groups is 2. The molecule has 0 aromatic carbocycles. The summed E-state index contributed by atoms with van der Waals surface area (Å²) in [5, 5.41) is 15.8. The molecule has 2 N–H and O–H groups in total. The largest absolute Gasteiger partial charge is 0.481 e. The van der Waals surface area contributed by atoms with Gasteiger partial charge >= 0.3 is 11.9 Å². The first-order valence-electron chi connectivity index (χ1n) is 2.06. The SMILES string of the molecule is O=C(O)CCC(=O)O.[HH]. The summed E-state index contributed by atoms with van der Waals surface area (Å²) in [5.74, 6) is -2.15. The van der Waals surface area contributed by atoms with Crippen LogP contribution in [0.1, 0.15) is 14.3 Å². The Kier molecular flexibility index (Phi) is 2.61. The predicted molar refractivity (Wildman–Crippen MR) is 26.6 cm³/mol. The van der Waals surface area contributed by atoms with Crippen molar-refractivity contribution < 1.29 is 21.2 Å². The molecule has 0 rings (SSSR count). The van der Waals surface area contributed by atoms with E-state index >= 15 is 0 Å². The Morgan fingerprint density at radius 3 is 1.50 bits per heavy atom. The van der Waals surface area contributed by atoms with Crippen LogP contribution in [0.3, 0.4) is 0 Å². The van der Waals surface area contributed by atoms with Crippen molar-refractivity contribution in [2.45, 2.75) is 12.8 Å². The summed E-state index contributed by atoms with van der Waals surface area (Å²) in [6, 6.07) is 0. The third-order valence-electron chi connectivity index (χ3n) is 0.553. The minimum absolute atomic E-state index is 0. The zero-order valence-corrected chi connectivity index (χ0v) is 4.13. The molecule has 0 amide bonds. The molecule has 0 aromatic rings. The third-order valence-corrected chi connectivity index (χ3v) is 0.553. The van der Waals surface area contributed by atoms with Crippen molar-refractivity contribution in [1.82, 2.24) is 0 Å². The Morgan fingerprint density at radius 2 is 1.38 bits per heavy atom. The summed E-state index contributed by atoms with van der Waals surface area (Å²) < 4.78 is 0. The topological polar surface area (TPSA) is 74.6 Å². The summed E-state index contributed by atoms with van der Waals surface area (Å²) in [5.41, 5.74) is 0. The molecule has 0 aliphatic heterocycles. The third kappa shape index (κ3) is 4.94. The van der Waals surface area contributed by atoms with Crippen LogP contribution in [-0.4, -0.2) is 22.2 Å². The van der Waals surface area contributed by atoms with Crippen molar-refractivity contribution in [2.75, 3.05) is 0 Å². The normalized spacial score (nSPS) is 8.50. The number of hydrogen-bond donors (Lipinski definition) is 2. The second-order valence-electron chi connectivity index (χ2n) is 1.29. The minimum Gasteiger partial charge on any atom is -0.481 e. The molecule has 0 atom stereocenters. The number of aliphatic carboxylic acids is 2. The van der Waals surface area contributed by atoms with Gasteiger partial charge in [-0.3, -0.25) is 9.59 Å². The van der Waals surface area contributed by atoms with E-state index in [9.17, 15) is 9.59 Å². The molecule has 0 unspecified atom stereocenters. The standard InChI is InChI=1S/C4H6O4.H2/c5-3(6)1-2-4(7)8;/h1-2H2,(H,5,6)(H,7,8);1H. The van der Waals surface area contributed by atoms with Crippen molar-refractivity contribution in [3.63, 3.8) is 0 Å². The fourth-order valence-corrected chi connectivity index (χ4v) is 0.214. The molecule has 0 radical (unpaired) electrons. The van der Waals surface area contributed by atoms with Gasteiger partial charge in [-0.25, -0.2) is 0 Å². The van der Waals surface area contributed by atoms with E-state index in [-0.39, 0.29) is 14.3 Å². The Balaban J connectivity index is 0. The van der Waals surface area contributed by atoms with E-state index in [0.717, 1.165) is 0 Å². The highest BCUT2D eigenvalue weighted by atomic mass is 16.4. The highest BCUT2D eigenvalue weighted by Gasteiger charge is 2.00. The van der Waals surface area contributed by atoms with E-state index in [4.69, 9.17) is 10.2 Å². The highest BCUT2D eigenvalue weighted by Crippen LogP contribution is 1.85. The molecule has 0 aromatic heterocycles. The van der Waals surface area contributed by atoms with Gasteiger partial charge in [-0.2, -0.15) is 0 Å². The summed E-state index contributed by atoms with van der Waals surface area (Å²) in [7, 11) is 0. The van der Waals surface area contributed by atoms with E-state index in [1.165, 1.54) is 0 Å². The fourth-order valence-electron chi connectivity index (χ4n) is 0.214. The quantitative estimate of drug-likeness (QED) is 0.557. The van der Waals surface area contributed by atoms with Crippen molar-refractivity contribution in [3.05, 3.63) is 0 Å². The van der Waals surface area contributed by atoms with Crippen LogP contribution in [0.15, 0.2) is 0 Å². The van der Waals surface area contributed by atoms with Gasteiger partial charge < -0.3 is 10.2 Å². The molecule has 0 heterocycles. The first-order chi connectivity index (χ1) is 3.63. The van der Waals surface area contributed by atoms with Gasteiger partial charge in [-0.05, 0) is 0 Å². The molecule has 0 saturated carbocycles. The lowest BCUT2D eigenvalue weighted by Crippen LogP contribution is -2.00. The van der Waals surface area contributed by atoms with Crippen molar-refractivity contribution in [3.8, 4) is 0 Å².